The van der Waals surface area contributed by atoms with Gasteiger partial charge in [-0.05, 0) is 25.0 Å². The number of aromatic hydroxyl groups is 1. The Bertz CT molecular complexity index is 1110. The molecule has 2 aliphatic rings. The molecule has 1 aromatic heterocycles. The molecule has 2 aromatic rings. The standard InChI is InChI=1S/C17H11F7N4O3S/c18-11-8(3-7(4-9(11)29)17(22,23)24)12-26-25-10(32-12)5-28-14(31)27(6-16(19,20)21)13(30)15(28)1-2-15/h3-4,29H,1-2,5-6H2. The molecule has 0 bridgehead atoms. The fourth-order valence-electron chi connectivity index (χ4n) is 3.41. The van der Waals surface area contributed by atoms with Crippen molar-refractivity contribution in [1.82, 2.24) is 20.0 Å². The minimum Gasteiger partial charge on any atom is -0.505 e. The van der Waals surface area contributed by atoms with Crippen LogP contribution in [-0.4, -0.2) is 55.3 Å². The van der Waals surface area contributed by atoms with Crippen LogP contribution in [0.2, 0.25) is 0 Å². The SMILES string of the molecule is O=C1N(CC(F)(F)F)C(=O)C2(CC2)N1Cc1nnc(-c2cc(C(F)(F)F)cc(O)c2F)s1. The molecule has 3 amide bonds. The number of phenolic OH excluding ortho intramolecular Hbond substituents is 1. The average molecular weight is 484 g/mol. The van der Waals surface area contributed by atoms with Crippen LogP contribution in [0.3, 0.4) is 0 Å². The Balaban J connectivity index is 1.62. The molecule has 32 heavy (non-hydrogen) atoms. The number of halogens is 7. The highest BCUT2D eigenvalue weighted by Crippen LogP contribution is 2.49. The monoisotopic (exact) mass is 484 g/mol. The zero-order chi connectivity index (χ0) is 23.6. The molecule has 1 spiro atoms. The Morgan fingerprint density at radius 3 is 2.31 bits per heavy atom. The third kappa shape index (κ3) is 3.73. The van der Waals surface area contributed by atoms with Gasteiger partial charge in [0.05, 0.1) is 17.7 Å². The third-order valence-electron chi connectivity index (χ3n) is 5.05. The maximum Gasteiger partial charge on any atom is 0.416 e. The zero-order valence-corrected chi connectivity index (χ0v) is 16.4. The Kier molecular flexibility index (Phi) is 4.87. The molecule has 0 atom stereocenters. The van der Waals surface area contributed by atoms with Gasteiger partial charge >= 0.3 is 18.4 Å². The largest absolute Gasteiger partial charge is 0.505 e. The lowest BCUT2D eigenvalue weighted by atomic mass is 10.1. The van der Waals surface area contributed by atoms with Crippen molar-refractivity contribution in [1.29, 1.82) is 0 Å². The number of nitrogens with zero attached hydrogens (tertiary/aromatic N) is 4. The van der Waals surface area contributed by atoms with Crippen molar-refractivity contribution in [3.05, 3.63) is 28.5 Å². The van der Waals surface area contributed by atoms with Crippen LogP contribution in [0, 0.1) is 5.82 Å². The van der Waals surface area contributed by atoms with E-state index in [4.69, 9.17) is 0 Å². The molecule has 1 N–H and O–H groups in total. The molecule has 15 heteroatoms. The van der Waals surface area contributed by atoms with Gasteiger partial charge in [0.2, 0.25) is 0 Å². The summed E-state index contributed by atoms with van der Waals surface area (Å²) in [5.41, 5.74) is -3.44. The molecular formula is C17H11F7N4O3S. The van der Waals surface area contributed by atoms with E-state index >= 15 is 0 Å². The van der Waals surface area contributed by atoms with Crippen molar-refractivity contribution in [2.24, 2.45) is 0 Å². The van der Waals surface area contributed by atoms with Crippen molar-refractivity contribution in [2.75, 3.05) is 6.54 Å². The van der Waals surface area contributed by atoms with Crippen molar-refractivity contribution < 1.29 is 45.4 Å². The number of carbonyl (C=O) groups is 2. The Morgan fingerprint density at radius 2 is 1.75 bits per heavy atom. The zero-order valence-electron chi connectivity index (χ0n) is 15.6. The highest BCUT2D eigenvalue weighted by atomic mass is 32.1. The Labute approximate surface area is 178 Å². The lowest BCUT2D eigenvalue weighted by molar-refractivity contribution is -0.153. The number of amides is 3. The second kappa shape index (κ2) is 7.02. The lowest BCUT2D eigenvalue weighted by Crippen LogP contribution is -2.39. The second-order valence-electron chi connectivity index (χ2n) is 7.26. The first-order chi connectivity index (χ1) is 14.7. The van der Waals surface area contributed by atoms with Gasteiger partial charge in [-0.2, -0.15) is 26.3 Å². The third-order valence-corrected chi connectivity index (χ3v) is 6.00. The second-order valence-corrected chi connectivity index (χ2v) is 8.32. The molecule has 0 unspecified atom stereocenters. The van der Waals surface area contributed by atoms with Crippen LogP contribution in [0.4, 0.5) is 35.5 Å². The summed E-state index contributed by atoms with van der Waals surface area (Å²) in [6, 6.07) is -0.539. The molecule has 1 aliphatic heterocycles. The van der Waals surface area contributed by atoms with Crippen molar-refractivity contribution >= 4 is 23.3 Å². The molecule has 1 aliphatic carbocycles. The molecule has 2 fully saturated rings. The van der Waals surface area contributed by atoms with Gasteiger partial charge in [-0.15, -0.1) is 10.2 Å². The number of alkyl halides is 6. The van der Waals surface area contributed by atoms with Gasteiger partial charge in [-0.1, -0.05) is 11.3 Å². The van der Waals surface area contributed by atoms with Crippen LogP contribution in [0.25, 0.3) is 10.6 Å². The quantitative estimate of drug-likeness (QED) is 0.525. The first kappa shape index (κ1) is 22.2. The first-order valence-electron chi connectivity index (χ1n) is 8.86. The molecule has 7 nitrogen and oxygen atoms in total. The van der Waals surface area contributed by atoms with E-state index in [1.54, 1.807) is 0 Å². The summed E-state index contributed by atoms with van der Waals surface area (Å²) in [7, 11) is 0. The predicted molar refractivity (Wildman–Crippen MR) is 92.6 cm³/mol. The lowest BCUT2D eigenvalue weighted by Gasteiger charge is -2.19. The molecule has 1 saturated heterocycles. The van der Waals surface area contributed by atoms with Gasteiger partial charge in [-0.3, -0.25) is 9.69 Å². The minimum absolute atomic E-state index is 0.0439. The summed E-state index contributed by atoms with van der Waals surface area (Å²) in [6.07, 6.45) is -9.38. The van der Waals surface area contributed by atoms with Crippen LogP contribution in [0.15, 0.2) is 12.1 Å². The minimum atomic E-state index is -4.88. The summed E-state index contributed by atoms with van der Waals surface area (Å²) >= 11 is 0.575. The van der Waals surface area contributed by atoms with E-state index in [0.29, 0.717) is 17.4 Å². The molecule has 4 rings (SSSR count). The molecular weight excluding hydrogens is 473 g/mol. The van der Waals surface area contributed by atoms with E-state index in [1.807, 2.05) is 0 Å². The van der Waals surface area contributed by atoms with Gasteiger partial charge in [0.25, 0.3) is 5.91 Å². The van der Waals surface area contributed by atoms with E-state index in [-0.39, 0.29) is 33.8 Å². The molecule has 1 saturated carbocycles. The van der Waals surface area contributed by atoms with E-state index < -0.39 is 65.6 Å². The molecule has 2 heterocycles. The van der Waals surface area contributed by atoms with Crippen molar-refractivity contribution in [3.63, 3.8) is 0 Å². The molecule has 0 radical (unpaired) electrons. The van der Waals surface area contributed by atoms with Crippen LogP contribution >= 0.6 is 11.3 Å². The topological polar surface area (TPSA) is 86.6 Å². The normalized spacial score (nSPS) is 18.2. The van der Waals surface area contributed by atoms with E-state index in [0.717, 1.165) is 4.90 Å². The number of hydrogen-bond donors (Lipinski definition) is 1. The highest BCUT2D eigenvalue weighted by Gasteiger charge is 2.65. The number of imide groups is 1. The maximum absolute atomic E-state index is 14.2. The summed E-state index contributed by atoms with van der Waals surface area (Å²) in [4.78, 5) is 25.8. The predicted octanol–water partition coefficient (Wildman–Crippen LogP) is 3.93. The Hall–Kier alpha value is -2.97. The number of hydrogen-bond acceptors (Lipinski definition) is 6. The van der Waals surface area contributed by atoms with Crippen LogP contribution in [0.5, 0.6) is 5.75 Å². The number of aromatic nitrogens is 2. The summed E-state index contributed by atoms with van der Waals surface area (Å²) in [5, 5.41) is 16.3. The maximum atomic E-state index is 14.2. The number of carbonyl (C=O) groups excluding carboxylic acids is 2. The van der Waals surface area contributed by atoms with E-state index in [9.17, 15) is 45.4 Å². The van der Waals surface area contributed by atoms with Crippen molar-refractivity contribution in [3.8, 4) is 16.3 Å². The highest BCUT2D eigenvalue weighted by molar-refractivity contribution is 7.14. The van der Waals surface area contributed by atoms with Gasteiger partial charge in [0.15, 0.2) is 16.6 Å². The summed E-state index contributed by atoms with van der Waals surface area (Å²) < 4.78 is 91.3. The van der Waals surface area contributed by atoms with E-state index in [2.05, 4.69) is 10.2 Å². The fourth-order valence-corrected chi connectivity index (χ4v) is 4.25. The van der Waals surface area contributed by atoms with Gasteiger partial charge in [0, 0.05) is 0 Å². The van der Waals surface area contributed by atoms with Gasteiger partial charge in [-0.25, -0.2) is 9.18 Å². The fraction of sp³-hybridized carbons (Fsp3) is 0.412. The number of rotatable bonds is 4. The van der Waals surface area contributed by atoms with Crippen molar-refractivity contribution in [2.45, 2.75) is 37.3 Å². The smallest absolute Gasteiger partial charge is 0.416 e. The average Bonchev–Trinajstić information content (AvgIpc) is 3.31. The van der Waals surface area contributed by atoms with E-state index in [1.165, 1.54) is 0 Å². The summed E-state index contributed by atoms with van der Waals surface area (Å²) in [5.74, 6) is -3.62. The Morgan fingerprint density at radius 1 is 1.09 bits per heavy atom. The van der Waals surface area contributed by atoms with Crippen LogP contribution < -0.4 is 0 Å². The first-order valence-corrected chi connectivity index (χ1v) is 9.67. The number of urea groups is 1. The van der Waals surface area contributed by atoms with Gasteiger partial charge in [0.1, 0.15) is 17.1 Å². The molecule has 172 valence electrons. The number of benzene rings is 1. The summed E-state index contributed by atoms with van der Waals surface area (Å²) in [6.45, 7) is -2.19. The van der Waals surface area contributed by atoms with Crippen LogP contribution in [0.1, 0.15) is 23.4 Å². The molecule has 1 aromatic carbocycles. The van der Waals surface area contributed by atoms with Gasteiger partial charge < -0.3 is 10.0 Å². The number of phenols is 1. The van der Waals surface area contributed by atoms with Crippen LogP contribution in [-0.2, 0) is 17.5 Å².